The Kier molecular flexibility index (Phi) is 5.68. The highest BCUT2D eigenvalue weighted by atomic mass is 32.2. The molecule has 1 atom stereocenters. The summed E-state index contributed by atoms with van der Waals surface area (Å²) in [7, 11) is -3.61. The van der Waals surface area contributed by atoms with E-state index in [2.05, 4.69) is 17.7 Å². The van der Waals surface area contributed by atoms with Crippen LogP contribution in [0.2, 0.25) is 0 Å². The first kappa shape index (κ1) is 21.3. The molecule has 29 heavy (non-hydrogen) atoms. The first-order valence-corrected chi connectivity index (χ1v) is 11.1. The van der Waals surface area contributed by atoms with Gasteiger partial charge in [-0.3, -0.25) is 15.0 Å². The van der Waals surface area contributed by atoms with Crippen molar-refractivity contribution in [2.75, 3.05) is 13.1 Å². The molecule has 9 nitrogen and oxygen atoms in total. The molecule has 158 valence electrons. The van der Waals surface area contributed by atoms with E-state index in [0.29, 0.717) is 30.4 Å². The van der Waals surface area contributed by atoms with Crippen molar-refractivity contribution in [3.05, 3.63) is 29.8 Å². The molecule has 0 saturated carbocycles. The molecule has 0 radical (unpaired) electrons. The zero-order valence-electron chi connectivity index (χ0n) is 16.8. The number of hydrogen-bond donors (Lipinski definition) is 2. The first-order valence-electron chi connectivity index (χ1n) is 9.66. The Labute approximate surface area is 170 Å². The fraction of sp³-hybridized carbons (Fsp3) is 0.526. The monoisotopic (exact) mass is 422 g/mol. The van der Waals surface area contributed by atoms with E-state index in [-0.39, 0.29) is 10.5 Å². The van der Waals surface area contributed by atoms with Gasteiger partial charge in [0.25, 0.3) is 11.8 Å². The molecule has 0 spiro atoms. The Hall–Kier alpha value is -2.46. The van der Waals surface area contributed by atoms with Crippen LogP contribution in [0.1, 0.15) is 50.4 Å². The van der Waals surface area contributed by atoms with Gasteiger partial charge in [-0.05, 0) is 56.4 Å². The summed E-state index contributed by atoms with van der Waals surface area (Å²) < 4.78 is 27.0. The number of sulfonamides is 1. The van der Waals surface area contributed by atoms with E-state index in [1.807, 2.05) is 0 Å². The van der Waals surface area contributed by atoms with Crippen LogP contribution in [0.4, 0.5) is 4.79 Å². The molecule has 2 heterocycles. The molecule has 0 aromatic heterocycles. The molecule has 0 bridgehead atoms. The van der Waals surface area contributed by atoms with Crippen LogP contribution < -0.4 is 10.7 Å². The number of imide groups is 1. The average Bonchev–Trinajstić information content (AvgIpc) is 2.92. The summed E-state index contributed by atoms with van der Waals surface area (Å²) in [6.07, 6.45) is 2.02. The average molecular weight is 423 g/mol. The van der Waals surface area contributed by atoms with Gasteiger partial charge in [-0.1, -0.05) is 13.8 Å². The van der Waals surface area contributed by atoms with Crippen LogP contribution in [0, 0.1) is 5.92 Å². The molecular weight excluding hydrogens is 396 g/mol. The fourth-order valence-electron chi connectivity index (χ4n) is 3.34. The highest BCUT2D eigenvalue weighted by Gasteiger charge is 2.47. The topological polar surface area (TPSA) is 116 Å². The number of hydrogen-bond acceptors (Lipinski definition) is 5. The Morgan fingerprint density at radius 1 is 1.21 bits per heavy atom. The van der Waals surface area contributed by atoms with E-state index in [4.69, 9.17) is 0 Å². The highest BCUT2D eigenvalue weighted by Crippen LogP contribution is 2.24. The van der Waals surface area contributed by atoms with Gasteiger partial charge in [-0.15, -0.1) is 0 Å². The summed E-state index contributed by atoms with van der Waals surface area (Å²) in [6, 6.07) is 4.76. The second kappa shape index (κ2) is 7.75. The number of carbonyl (C=O) groups excluding carboxylic acids is 3. The van der Waals surface area contributed by atoms with Crippen molar-refractivity contribution in [2.45, 2.75) is 50.5 Å². The molecule has 10 heteroatoms. The number of nitrogens with one attached hydrogen (secondary N) is 2. The van der Waals surface area contributed by atoms with E-state index >= 15 is 0 Å². The molecule has 1 aromatic rings. The van der Waals surface area contributed by atoms with Gasteiger partial charge in [0.05, 0.1) is 4.90 Å². The van der Waals surface area contributed by atoms with Gasteiger partial charge in [-0.25, -0.2) is 13.2 Å². The molecule has 2 aliphatic rings. The van der Waals surface area contributed by atoms with Crippen molar-refractivity contribution >= 4 is 27.9 Å². The molecular formula is C19H26N4O5S. The van der Waals surface area contributed by atoms with Gasteiger partial charge in [0.2, 0.25) is 10.0 Å². The standard InChI is InChI=1S/C19H26N4O5S/c1-4-19(3)17(25)23(18(26)20-19)21-16(24)14-5-7-15(8-6-14)29(27,28)22-11-9-13(2)10-12-22/h5-8,13H,4,9-12H2,1-3H3,(H,20,26)(H,21,24)/t19-/m1/s1. The predicted octanol–water partition coefficient (Wildman–Crippen LogP) is 1.47. The van der Waals surface area contributed by atoms with Crippen molar-refractivity contribution in [1.29, 1.82) is 0 Å². The lowest BCUT2D eigenvalue weighted by Gasteiger charge is -2.29. The maximum atomic E-state index is 12.8. The summed E-state index contributed by atoms with van der Waals surface area (Å²) in [5.41, 5.74) is 1.36. The Morgan fingerprint density at radius 2 is 1.79 bits per heavy atom. The zero-order chi connectivity index (χ0) is 21.4. The minimum atomic E-state index is -3.61. The number of urea groups is 1. The van der Waals surface area contributed by atoms with Crippen LogP contribution in [-0.2, 0) is 14.8 Å². The van der Waals surface area contributed by atoms with Gasteiger partial charge < -0.3 is 5.32 Å². The highest BCUT2D eigenvalue weighted by molar-refractivity contribution is 7.89. The normalized spacial score (nSPS) is 23.9. The number of nitrogens with zero attached hydrogens (tertiary/aromatic N) is 2. The predicted molar refractivity (Wildman–Crippen MR) is 105 cm³/mol. The second-order valence-corrected chi connectivity index (χ2v) is 9.75. The lowest BCUT2D eigenvalue weighted by Crippen LogP contribution is -2.48. The Bertz CT molecular complexity index is 922. The zero-order valence-corrected chi connectivity index (χ0v) is 17.6. The lowest BCUT2D eigenvalue weighted by molar-refractivity contribution is -0.132. The van der Waals surface area contributed by atoms with E-state index in [0.717, 1.165) is 12.8 Å². The second-order valence-electron chi connectivity index (χ2n) is 7.81. The van der Waals surface area contributed by atoms with Gasteiger partial charge in [-0.2, -0.15) is 9.31 Å². The Morgan fingerprint density at radius 3 is 2.31 bits per heavy atom. The molecule has 3 rings (SSSR count). The summed E-state index contributed by atoms with van der Waals surface area (Å²) in [5.74, 6) is -0.714. The summed E-state index contributed by atoms with van der Waals surface area (Å²) >= 11 is 0. The van der Waals surface area contributed by atoms with Crippen LogP contribution in [0.15, 0.2) is 29.2 Å². The van der Waals surface area contributed by atoms with Gasteiger partial charge in [0.1, 0.15) is 5.54 Å². The van der Waals surface area contributed by atoms with Crippen molar-refractivity contribution in [1.82, 2.24) is 20.1 Å². The molecule has 2 aliphatic heterocycles. The largest absolute Gasteiger partial charge is 0.344 e. The van der Waals surface area contributed by atoms with E-state index in [9.17, 15) is 22.8 Å². The molecule has 4 amide bonds. The number of rotatable bonds is 5. The quantitative estimate of drug-likeness (QED) is 0.697. The third-order valence-electron chi connectivity index (χ3n) is 5.68. The van der Waals surface area contributed by atoms with Crippen molar-refractivity contribution < 1.29 is 22.8 Å². The number of benzene rings is 1. The van der Waals surface area contributed by atoms with Crippen LogP contribution in [0.25, 0.3) is 0 Å². The molecule has 1 aromatic carbocycles. The minimum Gasteiger partial charge on any atom is -0.322 e. The van der Waals surface area contributed by atoms with Crippen molar-refractivity contribution in [3.8, 4) is 0 Å². The molecule has 2 saturated heterocycles. The van der Waals surface area contributed by atoms with Crippen molar-refractivity contribution in [3.63, 3.8) is 0 Å². The van der Waals surface area contributed by atoms with E-state index in [1.165, 1.54) is 28.6 Å². The third-order valence-corrected chi connectivity index (χ3v) is 7.59. The summed E-state index contributed by atoms with van der Waals surface area (Å²) in [5, 5.41) is 3.20. The maximum Gasteiger partial charge on any atom is 0.344 e. The van der Waals surface area contributed by atoms with Crippen LogP contribution in [0.5, 0.6) is 0 Å². The maximum absolute atomic E-state index is 12.8. The molecule has 2 N–H and O–H groups in total. The van der Waals surface area contributed by atoms with Gasteiger partial charge in [0.15, 0.2) is 0 Å². The van der Waals surface area contributed by atoms with Gasteiger partial charge >= 0.3 is 6.03 Å². The van der Waals surface area contributed by atoms with Crippen LogP contribution in [-0.4, -0.2) is 54.2 Å². The van der Waals surface area contributed by atoms with Crippen LogP contribution >= 0.6 is 0 Å². The van der Waals surface area contributed by atoms with Gasteiger partial charge in [0, 0.05) is 18.7 Å². The van der Waals surface area contributed by atoms with E-state index in [1.54, 1.807) is 13.8 Å². The summed E-state index contributed by atoms with van der Waals surface area (Å²) in [6.45, 7) is 6.40. The fourth-order valence-corrected chi connectivity index (χ4v) is 4.81. The first-order chi connectivity index (χ1) is 13.6. The Balaban J connectivity index is 1.71. The third kappa shape index (κ3) is 3.99. The molecule has 0 aliphatic carbocycles. The number of hydrazine groups is 1. The van der Waals surface area contributed by atoms with E-state index < -0.39 is 33.4 Å². The van der Waals surface area contributed by atoms with Crippen LogP contribution in [0.3, 0.4) is 0 Å². The van der Waals surface area contributed by atoms with Crippen molar-refractivity contribution in [2.24, 2.45) is 5.92 Å². The smallest absolute Gasteiger partial charge is 0.322 e. The molecule has 0 unspecified atom stereocenters. The number of piperidine rings is 1. The molecule has 2 fully saturated rings. The SMILES string of the molecule is CC[C@@]1(C)NC(=O)N(NC(=O)c2ccc(S(=O)(=O)N3CCC(C)CC3)cc2)C1=O. The summed E-state index contributed by atoms with van der Waals surface area (Å²) in [4.78, 5) is 36.9. The minimum absolute atomic E-state index is 0.108. The number of amides is 4. The lowest BCUT2D eigenvalue weighted by atomic mass is 10.00. The number of carbonyl (C=O) groups is 3.